The van der Waals surface area contributed by atoms with Crippen molar-refractivity contribution in [3.63, 3.8) is 0 Å². The van der Waals surface area contributed by atoms with Crippen LogP contribution in [-0.4, -0.2) is 207 Å². The second-order valence-corrected chi connectivity index (χ2v) is 21.1. The minimum atomic E-state index is -4.68. The summed E-state index contributed by atoms with van der Waals surface area (Å²) in [6.45, 7) is 1.87. The first-order valence-electron chi connectivity index (χ1n) is 22.5. The molecule has 1 amide bonds. The summed E-state index contributed by atoms with van der Waals surface area (Å²) in [4.78, 5) is 96.4. The van der Waals surface area contributed by atoms with Crippen molar-refractivity contribution in [1.29, 1.82) is 0 Å². The van der Waals surface area contributed by atoms with Gasteiger partial charge in [-0.25, -0.2) is 26.6 Å². The van der Waals surface area contributed by atoms with E-state index in [2.05, 4.69) is 59.4 Å². The van der Waals surface area contributed by atoms with Crippen molar-refractivity contribution < 1.29 is 99.7 Å². The molecule has 3 aromatic heterocycles. The Hall–Kier alpha value is -5.64. The molecule has 0 aliphatic carbocycles. The Morgan fingerprint density at radius 3 is 1.45 bits per heavy atom. The first kappa shape index (κ1) is 78.6. The van der Waals surface area contributed by atoms with Gasteiger partial charge >= 0.3 is 49.5 Å². The number of hydrogen-bond donors (Lipinski definition) is 7. The fourth-order valence-electron chi connectivity index (χ4n) is 6.44. The van der Waals surface area contributed by atoms with Crippen LogP contribution in [0.25, 0.3) is 0 Å². The molecule has 0 radical (unpaired) electrons. The van der Waals surface area contributed by atoms with Gasteiger partial charge in [0.1, 0.15) is 5.78 Å². The third-order valence-electron chi connectivity index (χ3n) is 10.2. The van der Waals surface area contributed by atoms with E-state index in [1.165, 1.54) is 52.2 Å². The SMILES string of the molecule is C.C.CN[C@@H](Cc1cn(CCOS(=O)(=O)O)nn1)C(=O)CCCSC.CN[C@@H](Cc1cn(CCOS(=O)(=O)O)nn1)C(=O)C[C@@H](C)C(=O)N[C@H](C(=O)C[C@@H](CSC)C(=O)O)C(C)c1cn(CCOS(=O)(=O)O)nn1.O=C=O.O=C=O. The lowest BCUT2D eigenvalue weighted by atomic mass is 9.89. The van der Waals surface area contributed by atoms with Gasteiger partial charge in [0.25, 0.3) is 0 Å². The van der Waals surface area contributed by atoms with E-state index in [4.69, 9.17) is 32.8 Å². The zero-order valence-corrected chi connectivity index (χ0v) is 46.9. The average molecular weight is 1240 g/mol. The maximum atomic E-state index is 13.5. The van der Waals surface area contributed by atoms with E-state index in [0.29, 0.717) is 24.2 Å². The van der Waals surface area contributed by atoms with Gasteiger partial charge in [-0.3, -0.25) is 37.6 Å². The first-order valence-corrected chi connectivity index (χ1v) is 29.4. The molecule has 456 valence electrons. The molecule has 3 aromatic rings. The summed E-state index contributed by atoms with van der Waals surface area (Å²) in [5.74, 6) is -4.40. The van der Waals surface area contributed by atoms with E-state index in [0.717, 1.165) is 12.2 Å². The highest BCUT2D eigenvalue weighted by molar-refractivity contribution is 7.98. The highest BCUT2D eigenvalue weighted by atomic mass is 32.3. The van der Waals surface area contributed by atoms with Crippen LogP contribution in [0.3, 0.4) is 0 Å². The lowest BCUT2D eigenvalue weighted by Gasteiger charge is -2.26. The normalized spacial score (nSPS) is 13.3. The summed E-state index contributed by atoms with van der Waals surface area (Å²) in [5.41, 5.74) is 1.19. The Labute approximate surface area is 471 Å². The van der Waals surface area contributed by atoms with Gasteiger partial charge in [-0.15, -0.1) is 15.3 Å². The topological polar surface area (TPSA) is 493 Å². The van der Waals surface area contributed by atoms with Gasteiger partial charge in [-0.1, -0.05) is 44.3 Å². The Kier molecular flexibility index (Phi) is 40.6. The number of amides is 1. The van der Waals surface area contributed by atoms with E-state index in [9.17, 15) is 54.3 Å². The number of carbonyl (C=O) groups is 5. The molecule has 3 heterocycles. The highest BCUT2D eigenvalue weighted by Gasteiger charge is 2.35. The molecule has 7 N–H and O–H groups in total. The zero-order chi connectivity index (χ0) is 59.6. The van der Waals surface area contributed by atoms with Gasteiger partial charge in [0.2, 0.25) is 5.91 Å². The molecule has 1 unspecified atom stereocenters. The summed E-state index contributed by atoms with van der Waals surface area (Å²) in [7, 11) is -10.5. The number of Topliss-reactive ketones (excluding diaryl/α,β-unsaturated/α-hetero) is 3. The fraction of sp³-hybridized carbons (Fsp3) is 0.683. The molecule has 0 fully saturated rings. The van der Waals surface area contributed by atoms with Crippen molar-refractivity contribution in [3.8, 4) is 0 Å². The smallest absolute Gasteiger partial charge is 0.397 e. The standard InChI is InChI=1S/C25H40N8O13S3.C12H22N4O5S2.2CO2.2CH4/c1-15(9-21(34)19(26-3)11-18-12-32(30-28-18)5-7-45-48(39,40)41)24(36)27-23(22(35)10-17(14-47-4)25(37)38)16(2)20-13-33(31-29-20)6-8-46-49(42,43)44;1-13-11(12(17)4-3-7-22-2)8-10-9-16(15-14-10)5-6-21-23(18,19)20;2*2-1-3;;/h12-13,15-17,19,23,26H,5-11,14H2,1-4H3,(H,27,36)(H,37,38)(H,39,40,41)(H,42,43,44);9,11,13H,3-8H2,1-2H3,(H,18,19,20);;;2*1H4/t15-,16?,17+,19+,23+;11-;;;;/m10..../s1. The van der Waals surface area contributed by atoms with Gasteiger partial charge in [-0.05, 0) is 38.8 Å². The number of ketones is 3. The van der Waals surface area contributed by atoms with Crippen molar-refractivity contribution >= 4 is 96.2 Å². The predicted octanol–water partition coefficient (Wildman–Crippen LogP) is -1.41. The second kappa shape index (κ2) is 41.4. The molecule has 0 aliphatic heterocycles. The molecule has 0 aliphatic rings. The number of thioether (sulfide) groups is 2. The number of nitrogens with zero attached hydrogens (tertiary/aromatic N) is 9. The Bertz CT molecular complexity index is 2740. The quantitative estimate of drug-likeness (QED) is 0.0260. The van der Waals surface area contributed by atoms with E-state index in [-0.39, 0.29) is 95.3 Å². The van der Waals surface area contributed by atoms with Crippen LogP contribution in [0.15, 0.2) is 18.6 Å². The van der Waals surface area contributed by atoms with Gasteiger partial charge in [0.05, 0.1) is 80.6 Å². The molecule has 0 bridgehead atoms. The molecule has 0 saturated carbocycles. The minimum Gasteiger partial charge on any atom is -0.481 e. The Morgan fingerprint density at radius 2 is 1.06 bits per heavy atom. The maximum absolute atomic E-state index is 13.5. The number of rotatable bonds is 36. The summed E-state index contributed by atoms with van der Waals surface area (Å²) < 4.78 is 106. The molecular weight excluding hydrogens is 1170 g/mol. The van der Waals surface area contributed by atoms with Gasteiger partial charge in [-0.2, -0.15) is 68.0 Å². The lowest BCUT2D eigenvalue weighted by molar-refractivity contribution is -0.193. The van der Waals surface area contributed by atoms with Crippen LogP contribution >= 0.6 is 23.5 Å². The summed E-state index contributed by atoms with van der Waals surface area (Å²) >= 11 is 2.95. The van der Waals surface area contributed by atoms with E-state index >= 15 is 0 Å². The number of hydrogen-bond acceptors (Lipinski definition) is 28. The van der Waals surface area contributed by atoms with Crippen molar-refractivity contribution in [2.24, 2.45) is 11.8 Å². The monoisotopic (exact) mass is 1240 g/mol. The third-order valence-corrected chi connectivity index (χ3v) is 13.0. The molecule has 34 nitrogen and oxygen atoms in total. The largest absolute Gasteiger partial charge is 0.481 e. The Morgan fingerprint density at radius 1 is 0.650 bits per heavy atom. The van der Waals surface area contributed by atoms with Crippen LogP contribution in [0, 0.1) is 11.8 Å². The number of aliphatic carboxylic acids is 1. The molecular formula is C41H70N12O22S5. The summed E-state index contributed by atoms with van der Waals surface area (Å²) in [5, 5.41) is 41.5. The maximum Gasteiger partial charge on any atom is 0.397 e. The van der Waals surface area contributed by atoms with Gasteiger partial charge in [0.15, 0.2) is 11.6 Å². The van der Waals surface area contributed by atoms with E-state index < -0.39 is 98.3 Å². The van der Waals surface area contributed by atoms with Crippen molar-refractivity contribution in [3.05, 3.63) is 35.7 Å². The molecule has 0 spiro atoms. The molecule has 3 rings (SSSR count). The molecule has 0 saturated heterocycles. The zero-order valence-electron chi connectivity index (χ0n) is 42.8. The predicted molar refractivity (Wildman–Crippen MR) is 280 cm³/mol. The molecule has 0 aromatic carbocycles. The fourth-order valence-corrected chi connectivity index (χ4v) is 8.39. The van der Waals surface area contributed by atoms with Crippen LogP contribution in [0.2, 0.25) is 0 Å². The van der Waals surface area contributed by atoms with Crippen LogP contribution in [-0.2, 0) is 119 Å². The summed E-state index contributed by atoms with van der Waals surface area (Å²) in [6, 6.07) is -2.39. The number of carboxylic acid groups (broad SMARTS) is 1. The average Bonchev–Trinajstić information content (AvgIpc) is 4.13. The number of carboxylic acids is 1. The number of aromatic nitrogens is 9. The third kappa shape index (κ3) is 35.2. The molecule has 6 atom stereocenters. The number of likely N-dealkylation sites (N-methyl/N-ethyl adjacent to an activating group) is 2. The number of carbonyl (C=O) groups excluding carboxylic acids is 8. The van der Waals surface area contributed by atoms with E-state index in [1.807, 2.05) is 6.26 Å². The highest BCUT2D eigenvalue weighted by Crippen LogP contribution is 2.23. The van der Waals surface area contributed by atoms with Gasteiger partial charge < -0.3 is 21.1 Å². The van der Waals surface area contributed by atoms with Gasteiger partial charge in [0, 0.05) is 68.3 Å². The van der Waals surface area contributed by atoms with Crippen molar-refractivity contribution in [1.82, 2.24) is 60.9 Å². The first-order chi connectivity index (χ1) is 36.5. The van der Waals surface area contributed by atoms with Crippen molar-refractivity contribution in [2.75, 3.05) is 57.9 Å². The summed E-state index contributed by atoms with van der Waals surface area (Å²) in [6.07, 6.45) is 9.83. The van der Waals surface area contributed by atoms with Crippen LogP contribution in [0.1, 0.15) is 77.4 Å². The van der Waals surface area contributed by atoms with Crippen LogP contribution < -0.4 is 16.0 Å². The molecule has 39 heteroatoms. The van der Waals surface area contributed by atoms with Crippen molar-refractivity contribution in [2.45, 2.75) is 111 Å². The van der Waals surface area contributed by atoms with Crippen LogP contribution in [0.5, 0.6) is 0 Å². The van der Waals surface area contributed by atoms with E-state index in [1.54, 1.807) is 38.2 Å². The molecule has 80 heavy (non-hydrogen) atoms. The second-order valence-electron chi connectivity index (χ2n) is 15.9. The Balaban J connectivity index is -0.00000159. The lowest BCUT2D eigenvalue weighted by Crippen LogP contribution is -2.48. The minimum absolute atomic E-state index is 0. The number of nitrogens with one attached hydrogen (secondary N) is 3. The van der Waals surface area contributed by atoms with Crippen LogP contribution in [0.4, 0.5) is 0 Å².